The van der Waals surface area contributed by atoms with Gasteiger partial charge in [-0.3, -0.25) is 9.59 Å². The van der Waals surface area contributed by atoms with Crippen LogP contribution in [0.1, 0.15) is 13.8 Å². The normalized spacial score (nSPS) is 11.4. The number of carbonyl (C=O) groups excluding carboxylic acids is 1. The van der Waals surface area contributed by atoms with E-state index >= 15 is 0 Å². The smallest absolute Gasteiger partial charge is 0.318 e. The van der Waals surface area contributed by atoms with Crippen LogP contribution in [0, 0.1) is 5.41 Å². The van der Waals surface area contributed by atoms with E-state index in [9.17, 15) is 9.59 Å². The number of carboxylic acid groups (broad SMARTS) is 1. The van der Waals surface area contributed by atoms with E-state index in [-0.39, 0.29) is 0 Å². The molecule has 3 N–H and O–H groups in total. The fraction of sp³-hybridized carbons (Fsp3) is 0.231. The second-order valence-electron chi connectivity index (χ2n) is 4.63. The quantitative estimate of drug-likeness (QED) is 0.726. The van der Waals surface area contributed by atoms with Crippen molar-refractivity contribution in [3.8, 4) is 0 Å². The lowest BCUT2D eigenvalue weighted by atomic mass is 9.92. The molecule has 0 fully saturated rings. The van der Waals surface area contributed by atoms with Gasteiger partial charge in [0.25, 0.3) is 0 Å². The molecule has 1 amide bonds. The summed E-state index contributed by atoms with van der Waals surface area (Å²) in [6.45, 7) is 2.75. The molecule has 94 valence electrons. The number of carboxylic acids is 1. The Hall–Kier alpha value is -2.30. The number of aromatic nitrogens is 1. The van der Waals surface area contributed by atoms with Crippen LogP contribution >= 0.6 is 0 Å². The van der Waals surface area contributed by atoms with Crippen molar-refractivity contribution in [3.63, 3.8) is 0 Å². The Kier molecular flexibility index (Phi) is 2.82. The number of hydrogen-bond acceptors (Lipinski definition) is 2. The molecule has 0 saturated heterocycles. The number of nitrogens with one attached hydrogen (secondary N) is 2. The fourth-order valence-electron chi connectivity index (χ4n) is 1.55. The van der Waals surface area contributed by atoms with E-state index in [1.165, 1.54) is 13.8 Å². The van der Waals surface area contributed by atoms with E-state index in [1.54, 1.807) is 6.20 Å². The molecule has 1 aromatic heterocycles. The number of carbonyl (C=O) groups is 2. The molecule has 2 aromatic rings. The Morgan fingerprint density at radius 2 is 1.94 bits per heavy atom. The number of aromatic amines is 1. The summed E-state index contributed by atoms with van der Waals surface area (Å²) in [5.41, 5.74) is 0.0177. The highest BCUT2D eigenvalue weighted by atomic mass is 16.4. The summed E-state index contributed by atoms with van der Waals surface area (Å²) in [6.07, 6.45) is 1.65. The Labute approximate surface area is 104 Å². The largest absolute Gasteiger partial charge is 0.480 e. The molecule has 0 radical (unpaired) electrons. The van der Waals surface area contributed by atoms with Crippen LogP contribution in [0.2, 0.25) is 0 Å². The monoisotopic (exact) mass is 246 g/mol. The Morgan fingerprint density at radius 1 is 1.28 bits per heavy atom. The lowest BCUT2D eigenvalue weighted by Crippen LogP contribution is -2.37. The molecule has 1 aromatic carbocycles. The first-order valence-electron chi connectivity index (χ1n) is 5.54. The zero-order chi connectivity index (χ0) is 13.3. The predicted octanol–water partition coefficient (Wildman–Crippen LogP) is 2.22. The third-order valence-corrected chi connectivity index (χ3v) is 2.94. The molecular formula is C13H14N2O3. The van der Waals surface area contributed by atoms with Crippen molar-refractivity contribution in [2.24, 2.45) is 5.41 Å². The number of amides is 1. The molecule has 2 rings (SSSR count). The average Bonchev–Trinajstić information content (AvgIpc) is 2.72. The Morgan fingerprint density at radius 3 is 2.61 bits per heavy atom. The van der Waals surface area contributed by atoms with Gasteiger partial charge in [0.2, 0.25) is 5.91 Å². The van der Waals surface area contributed by atoms with E-state index in [0.29, 0.717) is 5.69 Å². The van der Waals surface area contributed by atoms with Gasteiger partial charge in [-0.25, -0.2) is 0 Å². The van der Waals surface area contributed by atoms with Crippen molar-refractivity contribution in [1.29, 1.82) is 0 Å². The number of fused-ring (bicyclic) bond motifs is 1. The van der Waals surface area contributed by atoms with Gasteiger partial charge in [-0.15, -0.1) is 0 Å². The van der Waals surface area contributed by atoms with Gasteiger partial charge in [0.15, 0.2) is 0 Å². The molecule has 0 saturated carbocycles. The summed E-state index contributed by atoms with van der Waals surface area (Å²) in [7, 11) is 0. The van der Waals surface area contributed by atoms with E-state index < -0.39 is 17.3 Å². The Balaban J connectivity index is 2.30. The zero-order valence-electron chi connectivity index (χ0n) is 10.2. The minimum atomic E-state index is -1.46. The second kappa shape index (κ2) is 4.18. The van der Waals surface area contributed by atoms with Crippen LogP contribution in [0.25, 0.3) is 10.9 Å². The van der Waals surface area contributed by atoms with E-state index in [2.05, 4.69) is 10.3 Å². The average molecular weight is 246 g/mol. The molecule has 5 nitrogen and oxygen atoms in total. The van der Waals surface area contributed by atoms with Gasteiger partial charge < -0.3 is 15.4 Å². The van der Waals surface area contributed by atoms with Crippen LogP contribution in [-0.4, -0.2) is 22.0 Å². The summed E-state index contributed by atoms with van der Waals surface area (Å²) in [6, 6.07) is 7.47. The van der Waals surface area contributed by atoms with Gasteiger partial charge in [-0.2, -0.15) is 0 Å². The lowest BCUT2D eigenvalue weighted by Gasteiger charge is -2.17. The molecular weight excluding hydrogens is 232 g/mol. The SMILES string of the molecule is CC(C)(C(=O)O)C(=O)Nc1c[nH]c2ccccc12. The third kappa shape index (κ3) is 1.95. The summed E-state index contributed by atoms with van der Waals surface area (Å²) in [4.78, 5) is 25.9. The van der Waals surface area contributed by atoms with Crippen molar-refractivity contribution >= 4 is 28.5 Å². The van der Waals surface area contributed by atoms with E-state index in [4.69, 9.17) is 5.11 Å². The van der Waals surface area contributed by atoms with Crippen LogP contribution in [0.4, 0.5) is 5.69 Å². The highest BCUT2D eigenvalue weighted by Gasteiger charge is 2.36. The van der Waals surface area contributed by atoms with Crippen LogP contribution in [0.15, 0.2) is 30.5 Å². The van der Waals surface area contributed by atoms with Crippen molar-refractivity contribution in [3.05, 3.63) is 30.5 Å². The van der Waals surface area contributed by atoms with Crippen molar-refractivity contribution in [2.75, 3.05) is 5.32 Å². The minimum absolute atomic E-state index is 0.542. The predicted molar refractivity (Wildman–Crippen MR) is 68.3 cm³/mol. The minimum Gasteiger partial charge on any atom is -0.480 e. The number of aliphatic carboxylic acids is 1. The zero-order valence-corrected chi connectivity index (χ0v) is 10.2. The third-order valence-electron chi connectivity index (χ3n) is 2.94. The highest BCUT2D eigenvalue weighted by Crippen LogP contribution is 2.25. The van der Waals surface area contributed by atoms with Crippen LogP contribution in [0.3, 0.4) is 0 Å². The maximum atomic E-state index is 11.9. The van der Waals surface area contributed by atoms with Crippen molar-refractivity contribution in [1.82, 2.24) is 4.98 Å². The lowest BCUT2D eigenvalue weighted by molar-refractivity contribution is -0.151. The molecule has 0 bridgehead atoms. The van der Waals surface area contributed by atoms with Gasteiger partial charge in [-0.05, 0) is 19.9 Å². The maximum Gasteiger partial charge on any atom is 0.318 e. The van der Waals surface area contributed by atoms with Gasteiger partial charge >= 0.3 is 5.97 Å². The molecule has 1 heterocycles. The van der Waals surface area contributed by atoms with E-state index in [1.807, 2.05) is 24.3 Å². The summed E-state index contributed by atoms with van der Waals surface area (Å²) in [5, 5.41) is 12.5. The summed E-state index contributed by atoms with van der Waals surface area (Å²) < 4.78 is 0. The fourth-order valence-corrected chi connectivity index (χ4v) is 1.55. The van der Waals surface area contributed by atoms with Crippen LogP contribution in [-0.2, 0) is 9.59 Å². The number of benzene rings is 1. The number of rotatable bonds is 3. The van der Waals surface area contributed by atoms with Gasteiger partial charge in [0.05, 0.1) is 5.69 Å². The van der Waals surface area contributed by atoms with Gasteiger partial charge in [0, 0.05) is 17.1 Å². The molecule has 0 unspecified atom stereocenters. The van der Waals surface area contributed by atoms with Crippen LogP contribution in [0.5, 0.6) is 0 Å². The van der Waals surface area contributed by atoms with Crippen molar-refractivity contribution < 1.29 is 14.7 Å². The Bertz CT molecular complexity index is 613. The molecule has 0 aliphatic rings. The summed E-state index contributed by atoms with van der Waals surface area (Å²) in [5.74, 6) is -1.69. The summed E-state index contributed by atoms with van der Waals surface area (Å²) >= 11 is 0. The molecule has 0 spiro atoms. The molecule has 0 aliphatic carbocycles. The number of hydrogen-bond donors (Lipinski definition) is 3. The highest BCUT2D eigenvalue weighted by molar-refractivity contribution is 6.10. The van der Waals surface area contributed by atoms with Crippen LogP contribution < -0.4 is 5.32 Å². The molecule has 0 atom stereocenters. The number of para-hydroxylation sites is 1. The van der Waals surface area contributed by atoms with Crippen molar-refractivity contribution in [2.45, 2.75) is 13.8 Å². The first-order valence-corrected chi connectivity index (χ1v) is 5.54. The molecule has 5 heteroatoms. The number of H-pyrrole nitrogens is 1. The molecule has 0 aliphatic heterocycles. The topological polar surface area (TPSA) is 82.2 Å². The standard InChI is InChI=1S/C13H14N2O3/c1-13(2,12(17)18)11(16)15-10-7-14-9-6-4-3-5-8(9)10/h3-7,14H,1-2H3,(H,15,16)(H,17,18). The number of anilines is 1. The first-order chi connectivity index (χ1) is 8.43. The van der Waals surface area contributed by atoms with Gasteiger partial charge in [0.1, 0.15) is 5.41 Å². The maximum absolute atomic E-state index is 11.9. The van der Waals surface area contributed by atoms with E-state index in [0.717, 1.165) is 10.9 Å². The molecule has 18 heavy (non-hydrogen) atoms. The van der Waals surface area contributed by atoms with Gasteiger partial charge in [-0.1, -0.05) is 18.2 Å². The first kappa shape index (κ1) is 12.2. The second-order valence-corrected chi connectivity index (χ2v) is 4.63.